The van der Waals surface area contributed by atoms with Crippen molar-refractivity contribution in [1.82, 2.24) is 5.32 Å². The van der Waals surface area contributed by atoms with Crippen molar-refractivity contribution in [2.75, 3.05) is 13.7 Å². The standard InChI is InChI=1S/C16H25NO3/c1-11(2)8-9-20-14-7-6-13(10-15(14)19-5)16(18)17-12(3)4/h6-7,10-12H,8-9H2,1-5H3,(H,17,18). The zero-order valence-electron chi connectivity index (χ0n) is 13.0. The molecule has 0 saturated heterocycles. The van der Waals surface area contributed by atoms with Crippen LogP contribution in [-0.4, -0.2) is 25.7 Å². The summed E-state index contributed by atoms with van der Waals surface area (Å²) in [6.45, 7) is 8.81. The van der Waals surface area contributed by atoms with Crippen molar-refractivity contribution in [3.05, 3.63) is 23.8 Å². The van der Waals surface area contributed by atoms with Crippen LogP contribution in [0.5, 0.6) is 11.5 Å². The van der Waals surface area contributed by atoms with E-state index in [2.05, 4.69) is 19.2 Å². The maximum absolute atomic E-state index is 11.9. The highest BCUT2D eigenvalue weighted by atomic mass is 16.5. The van der Waals surface area contributed by atoms with Gasteiger partial charge >= 0.3 is 0 Å². The summed E-state index contributed by atoms with van der Waals surface area (Å²) in [5, 5.41) is 2.85. The summed E-state index contributed by atoms with van der Waals surface area (Å²) >= 11 is 0. The highest BCUT2D eigenvalue weighted by Crippen LogP contribution is 2.28. The molecule has 1 aromatic carbocycles. The van der Waals surface area contributed by atoms with E-state index in [0.29, 0.717) is 29.6 Å². The minimum absolute atomic E-state index is 0.105. The van der Waals surface area contributed by atoms with Crippen LogP contribution in [-0.2, 0) is 0 Å². The van der Waals surface area contributed by atoms with Gasteiger partial charge in [-0.15, -0.1) is 0 Å². The molecule has 0 saturated carbocycles. The normalized spacial score (nSPS) is 10.8. The van der Waals surface area contributed by atoms with Crippen LogP contribution >= 0.6 is 0 Å². The molecule has 4 nitrogen and oxygen atoms in total. The maximum atomic E-state index is 11.9. The van der Waals surface area contributed by atoms with Crippen molar-refractivity contribution < 1.29 is 14.3 Å². The maximum Gasteiger partial charge on any atom is 0.251 e. The van der Waals surface area contributed by atoms with E-state index in [0.717, 1.165) is 6.42 Å². The fraction of sp³-hybridized carbons (Fsp3) is 0.562. The van der Waals surface area contributed by atoms with Gasteiger partial charge in [-0.3, -0.25) is 4.79 Å². The minimum atomic E-state index is -0.105. The first-order valence-electron chi connectivity index (χ1n) is 7.05. The Labute approximate surface area is 121 Å². The van der Waals surface area contributed by atoms with Crippen LogP contribution in [0.2, 0.25) is 0 Å². The number of amides is 1. The van der Waals surface area contributed by atoms with Crippen molar-refractivity contribution in [3.8, 4) is 11.5 Å². The van der Waals surface area contributed by atoms with Crippen molar-refractivity contribution >= 4 is 5.91 Å². The van der Waals surface area contributed by atoms with Crippen molar-refractivity contribution in [1.29, 1.82) is 0 Å². The molecule has 0 aliphatic heterocycles. The molecule has 20 heavy (non-hydrogen) atoms. The molecule has 112 valence electrons. The van der Waals surface area contributed by atoms with Gasteiger partial charge < -0.3 is 14.8 Å². The van der Waals surface area contributed by atoms with Gasteiger partial charge in [-0.25, -0.2) is 0 Å². The van der Waals surface area contributed by atoms with E-state index in [4.69, 9.17) is 9.47 Å². The number of hydrogen-bond acceptors (Lipinski definition) is 3. The molecule has 1 rings (SSSR count). The van der Waals surface area contributed by atoms with Crippen molar-refractivity contribution in [3.63, 3.8) is 0 Å². The van der Waals surface area contributed by atoms with Crippen LogP contribution in [0.25, 0.3) is 0 Å². The highest BCUT2D eigenvalue weighted by molar-refractivity contribution is 5.95. The van der Waals surface area contributed by atoms with E-state index in [1.54, 1.807) is 25.3 Å². The monoisotopic (exact) mass is 279 g/mol. The Balaban J connectivity index is 2.77. The summed E-state index contributed by atoms with van der Waals surface area (Å²) in [5.74, 6) is 1.75. The first-order valence-corrected chi connectivity index (χ1v) is 7.05. The summed E-state index contributed by atoms with van der Waals surface area (Å²) in [6.07, 6.45) is 0.985. The molecule has 0 aliphatic carbocycles. The van der Waals surface area contributed by atoms with Gasteiger partial charge in [-0.2, -0.15) is 0 Å². The summed E-state index contributed by atoms with van der Waals surface area (Å²) in [5.41, 5.74) is 0.576. The molecule has 0 radical (unpaired) electrons. The third-order valence-electron chi connectivity index (χ3n) is 2.80. The van der Waals surface area contributed by atoms with Gasteiger partial charge in [-0.05, 0) is 44.4 Å². The van der Waals surface area contributed by atoms with Crippen LogP contribution in [0.4, 0.5) is 0 Å². The van der Waals surface area contributed by atoms with Gasteiger partial charge in [0.15, 0.2) is 11.5 Å². The number of hydrogen-bond donors (Lipinski definition) is 1. The second-order valence-electron chi connectivity index (χ2n) is 5.52. The summed E-state index contributed by atoms with van der Waals surface area (Å²) < 4.78 is 11.0. The highest BCUT2D eigenvalue weighted by Gasteiger charge is 2.12. The smallest absolute Gasteiger partial charge is 0.251 e. The Morgan fingerprint density at radius 3 is 2.45 bits per heavy atom. The second kappa shape index (κ2) is 7.78. The molecule has 0 fully saturated rings. The lowest BCUT2D eigenvalue weighted by atomic mass is 10.1. The van der Waals surface area contributed by atoms with Crippen molar-refractivity contribution in [2.24, 2.45) is 5.92 Å². The van der Waals surface area contributed by atoms with Crippen LogP contribution in [0.1, 0.15) is 44.5 Å². The summed E-state index contributed by atoms with van der Waals surface area (Å²) in [6, 6.07) is 5.36. The minimum Gasteiger partial charge on any atom is -0.493 e. The van der Waals surface area contributed by atoms with E-state index in [9.17, 15) is 4.79 Å². The van der Waals surface area contributed by atoms with Gasteiger partial charge in [0.1, 0.15) is 0 Å². The zero-order chi connectivity index (χ0) is 15.1. The Kier molecular flexibility index (Phi) is 6.36. The first-order chi connectivity index (χ1) is 9.43. The van der Waals surface area contributed by atoms with E-state index in [1.165, 1.54) is 0 Å². The van der Waals surface area contributed by atoms with Gasteiger partial charge in [-0.1, -0.05) is 13.8 Å². The molecule has 0 atom stereocenters. The molecule has 1 aromatic rings. The van der Waals surface area contributed by atoms with Crippen LogP contribution < -0.4 is 14.8 Å². The predicted molar refractivity (Wildman–Crippen MR) is 80.5 cm³/mol. The second-order valence-corrected chi connectivity index (χ2v) is 5.52. The molecule has 0 bridgehead atoms. The van der Waals surface area contributed by atoms with E-state index < -0.39 is 0 Å². The molecular formula is C16H25NO3. The number of nitrogens with one attached hydrogen (secondary N) is 1. The Morgan fingerprint density at radius 2 is 1.90 bits per heavy atom. The Hall–Kier alpha value is -1.71. The zero-order valence-corrected chi connectivity index (χ0v) is 13.0. The van der Waals surface area contributed by atoms with Gasteiger partial charge in [0, 0.05) is 11.6 Å². The molecule has 0 unspecified atom stereocenters. The number of rotatable bonds is 7. The van der Waals surface area contributed by atoms with E-state index in [-0.39, 0.29) is 11.9 Å². The third kappa shape index (κ3) is 5.11. The van der Waals surface area contributed by atoms with E-state index in [1.807, 2.05) is 13.8 Å². The Morgan fingerprint density at radius 1 is 1.20 bits per heavy atom. The van der Waals surface area contributed by atoms with Crippen LogP contribution in [0.3, 0.4) is 0 Å². The number of methoxy groups -OCH3 is 1. The molecule has 0 aromatic heterocycles. The molecule has 0 heterocycles. The Bertz CT molecular complexity index is 441. The van der Waals surface area contributed by atoms with Crippen LogP contribution in [0, 0.1) is 5.92 Å². The van der Waals surface area contributed by atoms with Gasteiger partial charge in [0.2, 0.25) is 0 Å². The number of benzene rings is 1. The largest absolute Gasteiger partial charge is 0.493 e. The van der Waals surface area contributed by atoms with Gasteiger partial charge in [0.05, 0.1) is 13.7 Å². The van der Waals surface area contributed by atoms with Gasteiger partial charge in [0.25, 0.3) is 5.91 Å². The van der Waals surface area contributed by atoms with E-state index >= 15 is 0 Å². The predicted octanol–water partition coefficient (Wildman–Crippen LogP) is 3.26. The molecule has 0 spiro atoms. The fourth-order valence-corrected chi connectivity index (χ4v) is 1.68. The lowest BCUT2D eigenvalue weighted by molar-refractivity contribution is 0.0942. The number of carbonyl (C=O) groups is 1. The lowest BCUT2D eigenvalue weighted by Gasteiger charge is -2.14. The number of ether oxygens (including phenoxy) is 2. The summed E-state index contributed by atoms with van der Waals surface area (Å²) in [7, 11) is 1.58. The number of carbonyl (C=O) groups excluding carboxylic acids is 1. The third-order valence-corrected chi connectivity index (χ3v) is 2.80. The van der Waals surface area contributed by atoms with Crippen molar-refractivity contribution in [2.45, 2.75) is 40.2 Å². The fourth-order valence-electron chi connectivity index (χ4n) is 1.68. The molecule has 4 heteroatoms. The molecular weight excluding hydrogens is 254 g/mol. The molecule has 1 amide bonds. The average Bonchev–Trinajstić information content (AvgIpc) is 2.37. The molecule has 0 aliphatic rings. The first kappa shape index (κ1) is 16.3. The quantitative estimate of drug-likeness (QED) is 0.833. The lowest BCUT2D eigenvalue weighted by Crippen LogP contribution is -2.30. The SMILES string of the molecule is COc1cc(C(=O)NC(C)C)ccc1OCCC(C)C. The molecule has 1 N–H and O–H groups in total. The van der Waals surface area contributed by atoms with Crippen LogP contribution in [0.15, 0.2) is 18.2 Å². The summed E-state index contributed by atoms with van der Waals surface area (Å²) in [4.78, 5) is 11.9. The topological polar surface area (TPSA) is 47.6 Å². The average molecular weight is 279 g/mol.